The minimum atomic E-state index is -1.04. The van der Waals surface area contributed by atoms with E-state index in [9.17, 15) is 5.11 Å². The number of aliphatic hydroxyl groups is 1. The molecule has 3 rings (SSSR count). The van der Waals surface area contributed by atoms with Gasteiger partial charge in [0.2, 0.25) is 0 Å². The van der Waals surface area contributed by atoms with Crippen molar-refractivity contribution >= 4 is 17.7 Å². The van der Waals surface area contributed by atoms with Crippen molar-refractivity contribution in [3.8, 4) is 5.75 Å². The maximum atomic E-state index is 10.4. The molecule has 0 amide bonds. The summed E-state index contributed by atoms with van der Waals surface area (Å²) in [6, 6.07) is 9.11. The molecule has 1 aromatic heterocycles. The number of hydrogen-bond acceptors (Lipinski definition) is 4. The van der Waals surface area contributed by atoms with E-state index >= 15 is 0 Å². The van der Waals surface area contributed by atoms with Crippen molar-refractivity contribution in [2.75, 3.05) is 19.7 Å². The van der Waals surface area contributed by atoms with Crippen LogP contribution in [-0.2, 0) is 5.60 Å². The van der Waals surface area contributed by atoms with Gasteiger partial charge in [-0.05, 0) is 48.9 Å². The van der Waals surface area contributed by atoms with Crippen LogP contribution in [0.25, 0.3) is 6.08 Å². The van der Waals surface area contributed by atoms with Gasteiger partial charge in [0.1, 0.15) is 23.7 Å². The summed E-state index contributed by atoms with van der Waals surface area (Å²) in [5.74, 6) is 1.39. The molecule has 1 unspecified atom stereocenters. The number of rotatable bonds is 5. The number of hydrogen-bond donors (Lipinski definition) is 2. The van der Waals surface area contributed by atoms with Crippen LogP contribution in [0, 0.1) is 0 Å². The molecule has 116 valence electrons. The Bertz CT molecular complexity index is 677. The van der Waals surface area contributed by atoms with Gasteiger partial charge >= 0.3 is 0 Å². The van der Waals surface area contributed by atoms with Crippen LogP contribution in [0.2, 0.25) is 5.02 Å². The van der Waals surface area contributed by atoms with Gasteiger partial charge < -0.3 is 19.6 Å². The van der Waals surface area contributed by atoms with Crippen LogP contribution in [0.1, 0.15) is 18.2 Å². The van der Waals surface area contributed by atoms with E-state index < -0.39 is 5.60 Å². The van der Waals surface area contributed by atoms with Gasteiger partial charge in [-0.15, -0.1) is 0 Å². The Labute approximate surface area is 134 Å². The molecule has 22 heavy (non-hydrogen) atoms. The van der Waals surface area contributed by atoms with Crippen molar-refractivity contribution in [3.05, 3.63) is 58.5 Å². The Morgan fingerprint density at radius 1 is 1.36 bits per heavy atom. The molecule has 0 radical (unpaired) electrons. The zero-order chi connectivity index (χ0) is 15.6. The van der Waals surface area contributed by atoms with Crippen molar-refractivity contribution < 1.29 is 14.3 Å². The van der Waals surface area contributed by atoms with E-state index in [2.05, 4.69) is 11.4 Å². The molecule has 1 aliphatic heterocycles. The van der Waals surface area contributed by atoms with Gasteiger partial charge in [-0.3, -0.25) is 0 Å². The molecule has 2 aromatic rings. The fourth-order valence-corrected chi connectivity index (χ4v) is 2.62. The van der Waals surface area contributed by atoms with E-state index in [4.69, 9.17) is 20.8 Å². The predicted octanol–water partition coefficient (Wildman–Crippen LogP) is 3.21. The lowest BCUT2D eigenvalue weighted by Crippen LogP contribution is -2.36. The van der Waals surface area contributed by atoms with E-state index in [0.29, 0.717) is 30.5 Å². The Kier molecular flexibility index (Phi) is 4.25. The van der Waals surface area contributed by atoms with Gasteiger partial charge in [-0.2, -0.15) is 0 Å². The number of ether oxygens (including phenoxy) is 1. The lowest BCUT2D eigenvalue weighted by Gasteiger charge is -2.23. The minimum absolute atomic E-state index is 0.389. The van der Waals surface area contributed by atoms with Crippen LogP contribution < -0.4 is 10.1 Å². The molecule has 0 spiro atoms. The van der Waals surface area contributed by atoms with Crippen LogP contribution in [0.15, 0.2) is 46.6 Å². The highest BCUT2D eigenvalue weighted by molar-refractivity contribution is 6.30. The van der Waals surface area contributed by atoms with Crippen molar-refractivity contribution in [2.24, 2.45) is 0 Å². The molecule has 1 atom stereocenters. The van der Waals surface area contributed by atoms with Crippen LogP contribution in [0.5, 0.6) is 5.75 Å². The van der Waals surface area contributed by atoms with Gasteiger partial charge in [0.15, 0.2) is 0 Å². The molecule has 4 nitrogen and oxygen atoms in total. The largest absolute Gasteiger partial charge is 0.489 e. The maximum Gasteiger partial charge on any atom is 0.136 e. The molecule has 5 heteroatoms. The topological polar surface area (TPSA) is 54.6 Å². The summed E-state index contributed by atoms with van der Waals surface area (Å²) < 4.78 is 11.0. The van der Waals surface area contributed by atoms with Crippen LogP contribution in [-0.4, -0.2) is 24.8 Å². The fraction of sp³-hybridized carbons (Fsp3) is 0.294. The molecule has 2 N–H and O–H groups in total. The standard InChI is InChI=1S/C17H18ClNO3/c1-17(20,16-3-2-6-21-16)11-19-9-12-7-13-8-14(18)4-5-15(13)22-10-12/h2-8,19-20H,9-11H2,1H3. The second-order valence-electron chi connectivity index (χ2n) is 5.63. The summed E-state index contributed by atoms with van der Waals surface area (Å²) in [6.45, 7) is 3.27. The van der Waals surface area contributed by atoms with Crippen LogP contribution >= 0.6 is 11.6 Å². The Morgan fingerprint density at radius 2 is 2.23 bits per heavy atom. The lowest BCUT2D eigenvalue weighted by molar-refractivity contribution is 0.0350. The Balaban J connectivity index is 1.61. The molecule has 1 aromatic carbocycles. The average Bonchev–Trinajstić information content (AvgIpc) is 3.01. The number of fused-ring (bicyclic) bond motifs is 1. The second-order valence-corrected chi connectivity index (χ2v) is 6.06. The molecule has 2 heterocycles. The molecule has 0 aliphatic carbocycles. The van der Waals surface area contributed by atoms with E-state index in [0.717, 1.165) is 16.9 Å². The highest BCUT2D eigenvalue weighted by atomic mass is 35.5. The fourth-order valence-electron chi connectivity index (χ4n) is 2.44. The highest BCUT2D eigenvalue weighted by Gasteiger charge is 2.25. The van der Waals surface area contributed by atoms with Crippen molar-refractivity contribution in [1.29, 1.82) is 0 Å². The summed E-state index contributed by atoms with van der Waals surface area (Å²) in [7, 11) is 0. The summed E-state index contributed by atoms with van der Waals surface area (Å²) in [5, 5.41) is 14.3. The monoisotopic (exact) mass is 319 g/mol. The molecular formula is C17H18ClNO3. The summed E-state index contributed by atoms with van der Waals surface area (Å²) in [5.41, 5.74) is 1.04. The second kappa shape index (κ2) is 6.16. The molecule has 0 saturated heterocycles. The van der Waals surface area contributed by atoms with Gasteiger partial charge in [0, 0.05) is 23.7 Å². The van der Waals surface area contributed by atoms with Gasteiger partial charge in [-0.1, -0.05) is 11.6 Å². The van der Waals surface area contributed by atoms with E-state index in [1.165, 1.54) is 0 Å². The number of nitrogens with one attached hydrogen (secondary N) is 1. The van der Waals surface area contributed by atoms with Gasteiger partial charge in [-0.25, -0.2) is 0 Å². The third kappa shape index (κ3) is 3.35. The SMILES string of the molecule is CC(O)(CNCC1=Cc2cc(Cl)ccc2OC1)c1ccco1. The first-order valence-electron chi connectivity index (χ1n) is 7.13. The number of furan rings is 1. The number of halogens is 1. The normalized spacial score (nSPS) is 16.4. The lowest BCUT2D eigenvalue weighted by atomic mass is 10.0. The maximum absolute atomic E-state index is 10.4. The third-order valence-corrected chi connectivity index (χ3v) is 3.85. The zero-order valence-electron chi connectivity index (χ0n) is 12.3. The first kappa shape index (κ1) is 15.2. The first-order valence-corrected chi connectivity index (χ1v) is 7.51. The quantitative estimate of drug-likeness (QED) is 0.888. The molecule has 1 aliphatic rings. The van der Waals surface area contributed by atoms with Crippen LogP contribution in [0.4, 0.5) is 0 Å². The van der Waals surface area contributed by atoms with Crippen molar-refractivity contribution in [1.82, 2.24) is 5.32 Å². The number of benzene rings is 1. The molecule has 0 bridgehead atoms. The molecule has 0 fully saturated rings. The zero-order valence-corrected chi connectivity index (χ0v) is 13.1. The van der Waals surface area contributed by atoms with Crippen molar-refractivity contribution in [3.63, 3.8) is 0 Å². The van der Waals surface area contributed by atoms with E-state index in [-0.39, 0.29) is 0 Å². The Morgan fingerprint density at radius 3 is 3.00 bits per heavy atom. The Hall–Kier alpha value is -1.75. The van der Waals surface area contributed by atoms with Crippen molar-refractivity contribution in [2.45, 2.75) is 12.5 Å². The molecule has 0 saturated carbocycles. The average molecular weight is 320 g/mol. The van der Waals surface area contributed by atoms with Gasteiger partial charge in [0.25, 0.3) is 0 Å². The summed E-state index contributed by atoms with van der Waals surface area (Å²) in [4.78, 5) is 0. The van der Waals surface area contributed by atoms with E-state index in [1.807, 2.05) is 18.2 Å². The predicted molar refractivity (Wildman–Crippen MR) is 86.1 cm³/mol. The summed E-state index contributed by atoms with van der Waals surface area (Å²) in [6.07, 6.45) is 3.63. The third-order valence-electron chi connectivity index (χ3n) is 3.62. The highest BCUT2D eigenvalue weighted by Crippen LogP contribution is 2.28. The first-order chi connectivity index (χ1) is 10.5. The smallest absolute Gasteiger partial charge is 0.136 e. The minimum Gasteiger partial charge on any atom is -0.489 e. The van der Waals surface area contributed by atoms with Crippen LogP contribution in [0.3, 0.4) is 0 Å². The molecular weight excluding hydrogens is 302 g/mol. The van der Waals surface area contributed by atoms with E-state index in [1.54, 1.807) is 25.3 Å². The van der Waals surface area contributed by atoms with Gasteiger partial charge in [0.05, 0.1) is 6.26 Å². The summed E-state index contributed by atoms with van der Waals surface area (Å²) >= 11 is 6.00.